The minimum absolute atomic E-state index is 1.07. The Bertz CT molecular complexity index is 744. The molecule has 1 aliphatic rings. The van der Waals surface area contributed by atoms with Crippen LogP contribution in [0, 0.1) is 0 Å². The van der Waals surface area contributed by atoms with E-state index in [0.29, 0.717) is 0 Å². The van der Waals surface area contributed by atoms with E-state index in [0.717, 1.165) is 5.36 Å². The van der Waals surface area contributed by atoms with Crippen molar-refractivity contribution in [3.8, 4) is 0 Å². The highest BCUT2D eigenvalue weighted by molar-refractivity contribution is 7.98. The summed E-state index contributed by atoms with van der Waals surface area (Å²) in [5, 5.41) is 3.76. The van der Waals surface area contributed by atoms with Crippen LogP contribution in [-0.2, 0) is 0 Å². The number of fused-ring (bicyclic) bond motifs is 2. The second-order valence-electron chi connectivity index (χ2n) is 5.89. The van der Waals surface area contributed by atoms with Crippen molar-refractivity contribution in [3.63, 3.8) is 0 Å². The Morgan fingerprint density at radius 1 is 1.00 bits per heavy atom. The Balaban J connectivity index is 2.19. The summed E-state index contributed by atoms with van der Waals surface area (Å²) < 4.78 is 4.65. The molecule has 0 atom stereocenters. The van der Waals surface area contributed by atoms with E-state index in [-0.39, 0.29) is 0 Å². The first-order valence-electron chi connectivity index (χ1n) is 6.50. The fourth-order valence-electron chi connectivity index (χ4n) is 2.16. The third kappa shape index (κ3) is 2.53. The minimum atomic E-state index is -1.26. The number of nitrogens with zero attached hydrogens (tertiary/aromatic N) is 1. The molecule has 1 aliphatic heterocycles. The smallest absolute Gasteiger partial charge is 0.0789 e. The van der Waals surface area contributed by atoms with Gasteiger partial charge in [-0.2, -0.15) is 0 Å². The molecule has 2 aromatic carbocycles. The van der Waals surface area contributed by atoms with Gasteiger partial charge in [-0.1, -0.05) is 55.2 Å². The van der Waals surface area contributed by atoms with Crippen LogP contribution >= 0.6 is 11.9 Å². The Kier molecular flexibility index (Phi) is 3.11. The van der Waals surface area contributed by atoms with Crippen molar-refractivity contribution in [2.75, 3.05) is 0 Å². The molecule has 0 saturated heterocycles. The molecule has 1 nitrogen and oxygen atoms in total. The molecule has 0 spiro atoms. The predicted molar refractivity (Wildman–Crippen MR) is 86.1 cm³/mol. The normalized spacial score (nSPS) is 13.6. The lowest BCUT2D eigenvalue weighted by Gasteiger charge is -2.17. The molecule has 0 unspecified atom stereocenters. The molecule has 0 amide bonds. The van der Waals surface area contributed by atoms with E-state index in [1.54, 1.807) is 11.9 Å². The minimum Gasteiger partial charge on any atom is -0.211 e. The summed E-state index contributed by atoms with van der Waals surface area (Å²) in [5.41, 5.74) is 1.28. The van der Waals surface area contributed by atoms with Crippen molar-refractivity contribution >= 4 is 31.3 Å². The molecule has 1 heterocycles. The molecule has 2 aromatic rings. The highest BCUT2D eigenvalue weighted by atomic mass is 32.2. The lowest BCUT2D eigenvalue weighted by atomic mass is 10.1. The second kappa shape index (κ2) is 4.65. The maximum Gasteiger partial charge on any atom is 0.0789 e. The van der Waals surface area contributed by atoms with Gasteiger partial charge in [-0.25, -0.2) is 4.40 Å². The molecule has 0 saturated carbocycles. The fourth-order valence-corrected chi connectivity index (χ4v) is 4.20. The fraction of sp³-hybridized carbons (Fsp3) is 0.188. The third-order valence-corrected chi connectivity index (χ3v) is 6.25. The first kappa shape index (κ1) is 12.7. The first-order valence-corrected chi connectivity index (χ1v) is 10.8. The van der Waals surface area contributed by atoms with E-state index in [9.17, 15) is 0 Å². The van der Waals surface area contributed by atoms with Gasteiger partial charge in [-0.15, -0.1) is 0 Å². The van der Waals surface area contributed by atoms with Crippen molar-refractivity contribution in [1.82, 2.24) is 0 Å². The van der Waals surface area contributed by atoms with E-state index in [2.05, 4.69) is 66.5 Å². The van der Waals surface area contributed by atoms with Crippen LogP contribution in [0.4, 0.5) is 0 Å². The molecule has 0 aliphatic carbocycles. The monoisotopic (exact) mass is 283 g/mol. The Morgan fingerprint density at radius 3 is 2.58 bits per heavy atom. The van der Waals surface area contributed by atoms with E-state index in [1.807, 2.05) is 6.07 Å². The van der Waals surface area contributed by atoms with Crippen molar-refractivity contribution in [1.29, 1.82) is 0 Å². The lowest BCUT2D eigenvalue weighted by Crippen LogP contribution is -2.37. The standard InChI is InChI=1S/C16H17NSSi/c1-19(2,3)14-9-8-13-10-12-6-4-5-7-15(12)17-18-16(13)11-14/h4-11H,1-3H3. The topological polar surface area (TPSA) is 12.4 Å². The van der Waals surface area contributed by atoms with Gasteiger partial charge in [0.15, 0.2) is 0 Å². The predicted octanol–water partition coefficient (Wildman–Crippen LogP) is 2.70. The van der Waals surface area contributed by atoms with Gasteiger partial charge in [-0.3, -0.25) is 0 Å². The van der Waals surface area contributed by atoms with Crippen molar-refractivity contribution in [3.05, 3.63) is 58.6 Å². The molecule has 3 heteroatoms. The average molecular weight is 283 g/mol. The molecule has 0 fully saturated rings. The van der Waals surface area contributed by atoms with Gasteiger partial charge in [0.2, 0.25) is 0 Å². The molecule has 0 N–H and O–H groups in total. The van der Waals surface area contributed by atoms with Gasteiger partial charge in [-0.05, 0) is 23.8 Å². The average Bonchev–Trinajstić information content (AvgIpc) is 2.55. The number of hydrogen-bond donors (Lipinski definition) is 0. The number of rotatable bonds is 1. The summed E-state index contributed by atoms with van der Waals surface area (Å²) in [6.45, 7) is 7.14. The summed E-state index contributed by atoms with van der Waals surface area (Å²) in [7, 11) is -1.26. The summed E-state index contributed by atoms with van der Waals surface area (Å²) in [4.78, 5) is 1.27. The zero-order valence-corrected chi connectivity index (χ0v) is 13.3. The summed E-state index contributed by atoms with van der Waals surface area (Å²) >= 11 is 1.60. The molecular weight excluding hydrogens is 266 g/mol. The number of hydrogen-bond acceptors (Lipinski definition) is 2. The van der Waals surface area contributed by atoms with Gasteiger partial charge < -0.3 is 0 Å². The number of benzene rings is 2. The van der Waals surface area contributed by atoms with Crippen molar-refractivity contribution in [2.24, 2.45) is 4.40 Å². The largest absolute Gasteiger partial charge is 0.211 e. The highest BCUT2D eigenvalue weighted by Crippen LogP contribution is 2.24. The van der Waals surface area contributed by atoms with Crippen molar-refractivity contribution < 1.29 is 0 Å². The Hall–Kier alpha value is -1.32. The molecule has 3 rings (SSSR count). The van der Waals surface area contributed by atoms with Crippen LogP contribution in [0.3, 0.4) is 0 Å². The van der Waals surface area contributed by atoms with Crippen LogP contribution in [0.1, 0.15) is 5.56 Å². The van der Waals surface area contributed by atoms with Crippen LogP contribution in [0.2, 0.25) is 19.6 Å². The Morgan fingerprint density at radius 2 is 1.79 bits per heavy atom. The van der Waals surface area contributed by atoms with Crippen molar-refractivity contribution in [2.45, 2.75) is 24.5 Å². The maximum atomic E-state index is 4.65. The van der Waals surface area contributed by atoms with Crippen LogP contribution in [0.5, 0.6) is 0 Å². The van der Waals surface area contributed by atoms with E-state index in [1.165, 1.54) is 20.9 Å². The van der Waals surface area contributed by atoms with Crippen LogP contribution in [-0.4, -0.2) is 8.07 Å². The van der Waals surface area contributed by atoms with Gasteiger partial charge in [0.05, 0.1) is 13.4 Å². The summed E-state index contributed by atoms with van der Waals surface area (Å²) in [5.74, 6) is 0. The quantitative estimate of drug-likeness (QED) is 0.579. The van der Waals surface area contributed by atoms with E-state index in [4.69, 9.17) is 0 Å². The van der Waals surface area contributed by atoms with Crippen LogP contribution in [0.15, 0.2) is 51.8 Å². The van der Waals surface area contributed by atoms with Gasteiger partial charge >= 0.3 is 0 Å². The highest BCUT2D eigenvalue weighted by Gasteiger charge is 2.18. The third-order valence-electron chi connectivity index (χ3n) is 3.37. The SMILES string of the molecule is C[Si](C)(C)c1ccc2c(c1)SN=c1ccccc1=C2. The van der Waals surface area contributed by atoms with Gasteiger partial charge in [0.25, 0.3) is 0 Å². The van der Waals surface area contributed by atoms with Gasteiger partial charge in [0, 0.05) is 22.1 Å². The molecule has 0 aromatic heterocycles. The van der Waals surface area contributed by atoms with Crippen LogP contribution in [0.25, 0.3) is 6.08 Å². The first-order chi connectivity index (χ1) is 9.04. The summed E-state index contributed by atoms with van der Waals surface area (Å²) in [6.07, 6.45) is 2.24. The molecular formula is C16H17NSSi. The second-order valence-corrected chi connectivity index (χ2v) is 11.8. The maximum absolute atomic E-state index is 4.65. The van der Waals surface area contributed by atoms with E-state index < -0.39 is 8.07 Å². The zero-order chi connectivity index (χ0) is 13.5. The van der Waals surface area contributed by atoms with E-state index >= 15 is 0 Å². The Labute approximate surface area is 119 Å². The zero-order valence-electron chi connectivity index (χ0n) is 11.5. The summed E-state index contributed by atoms with van der Waals surface area (Å²) in [6, 6.07) is 15.2. The molecule has 0 radical (unpaired) electrons. The molecule has 19 heavy (non-hydrogen) atoms. The van der Waals surface area contributed by atoms with Gasteiger partial charge in [0.1, 0.15) is 0 Å². The molecule has 0 bridgehead atoms. The van der Waals surface area contributed by atoms with Crippen LogP contribution < -0.4 is 15.8 Å². The molecule has 96 valence electrons. The lowest BCUT2D eigenvalue weighted by molar-refractivity contribution is 1.41.